The monoisotopic (exact) mass is 305 g/mol. The van der Waals surface area contributed by atoms with Crippen LogP contribution in [0.5, 0.6) is 5.88 Å². The molecular formula is C16H24BNO4. The minimum atomic E-state index is -0.554. The van der Waals surface area contributed by atoms with Crippen LogP contribution in [0.2, 0.25) is 0 Å². The van der Waals surface area contributed by atoms with Crippen molar-refractivity contribution in [3.8, 4) is 5.88 Å². The number of nitrogens with zero attached hydrogens (tertiary/aromatic N) is 1. The van der Waals surface area contributed by atoms with Gasteiger partial charge in [0.05, 0.1) is 24.4 Å². The number of rotatable bonds is 5. The summed E-state index contributed by atoms with van der Waals surface area (Å²) in [5.41, 5.74) is 0.679. The van der Waals surface area contributed by atoms with E-state index in [1.54, 1.807) is 12.3 Å². The van der Waals surface area contributed by atoms with E-state index in [0.717, 1.165) is 5.56 Å². The third kappa shape index (κ3) is 3.51. The van der Waals surface area contributed by atoms with Crippen LogP contribution in [0, 0.1) is 0 Å². The quantitative estimate of drug-likeness (QED) is 0.847. The van der Waals surface area contributed by atoms with Gasteiger partial charge in [-0.1, -0.05) is 6.08 Å². The van der Waals surface area contributed by atoms with E-state index in [0.29, 0.717) is 18.0 Å². The third-order valence-electron chi connectivity index (χ3n) is 4.14. The molecule has 1 aliphatic heterocycles. The van der Waals surface area contributed by atoms with Gasteiger partial charge in [0.2, 0.25) is 5.88 Å². The van der Waals surface area contributed by atoms with Gasteiger partial charge < -0.3 is 19.2 Å². The Morgan fingerprint density at radius 3 is 2.36 bits per heavy atom. The van der Waals surface area contributed by atoms with E-state index in [9.17, 15) is 5.11 Å². The van der Waals surface area contributed by atoms with E-state index in [-0.39, 0.29) is 6.61 Å². The van der Waals surface area contributed by atoms with E-state index in [2.05, 4.69) is 4.98 Å². The van der Waals surface area contributed by atoms with Crippen molar-refractivity contribution in [1.82, 2.24) is 4.98 Å². The largest absolute Gasteiger partial charge is 0.492 e. The molecule has 1 fully saturated rings. The molecule has 2 rings (SSSR count). The zero-order valence-corrected chi connectivity index (χ0v) is 13.9. The molecule has 0 aromatic carbocycles. The summed E-state index contributed by atoms with van der Waals surface area (Å²) in [6, 6.07) is 3.69. The summed E-state index contributed by atoms with van der Waals surface area (Å²) >= 11 is 0. The van der Waals surface area contributed by atoms with E-state index >= 15 is 0 Å². The summed E-state index contributed by atoms with van der Waals surface area (Å²) in [5.74, 6) is 0.584. The van der Waals surface area contributed by atoms with E-state index in [1.807, 2.05) is 46.8 Å². The molecule has 1 aromatic rings. The molecule has 0 unspecified atom stereocenters. The Labute approximate surface area is 132 Å². The predicted octanol–water partition coefficient (Wildman–Crippen LogP) is 2.49. The number of hydrogen-bond acceptors (Lipinski definition) is 5. The molecule has 2 heterocycles. The van der Waals surface area contributed by atoms with Crippen LogP contribution in [0.4, 0.5) is 0 Å². The fraction of sp³-hybridized carbons (Fsp3) is 0.562. The highest BCUT2D eigenvalue weighted by Gasteiger charge is 2.52. The van der Waals surface area contributed by atoms with Crippen molar-refractivity contribution in [3.63, 3.8) is 0 Å². The lowest BCUT2D eigenvalue weighted by Gasteiger charge is -2.32. The van der Waals surface area contributed by atoms with Crippen LogP contribution < -0.4 is 4.74 Å². The molecule has 0 spiro atoms. The lowest BCUT2D eigenvalue weighted by molar-refractivity contribution is 0.00578. The van der Waals surface area contributed by atoms with Gasteiger partial charge in [0, 0.05) is 12.3 Å². The lowest BCUT2D eigenvalue weighted by Crippen LogP contribution is -2.41. The van der Waals surface area contributed by atoms with Gasteiger partial charge in [-0.15, -0.1) is 0 Å². The smallest absolute Gasteiger partial charge is 0.478 e. The zero-order valence-electron chi connectivity index (χ0n) is 13.9. The summed E-state index contributed by atoms with van der Waals surface area (Å²) in [6.45, 7) is 10.3. The van der Waals surface area contributed by atoms with Crippen molar-refractivity contribution in [2.75, 3.05) is 13.2 Å². The molecule has 5 nitrogen and oxygen atoms in total. The van der Waals surface area contributed by atoms with Gasteiger partial charge in [-0.2, -0.15) is 0 Å². The number of aliphatic hydroxyl groups is 1. The molecule has 1 aliphatic rings. The van der Waals surface area contributed by atoms with Gasteiger partial charge in [0.15, 0.2) is 0 Å². The molecule has 1 N–H and O–H groups in total. The van der Waals surface area contributed by atoms with Crippen LogP contribution in [0.25, 0.3) is 6.08 Å². The van der Waals surface area contributed by atoms with Crippen molar-refractivity contribution in [2.45, 2.75) is 45.8 Å². The number of ether oxygens (including phenoxy) is 1. The fourth-order valence-electron chi connectivity index (χ4n) is 2.11. The molecule has 6 heteroatoms. The van der Waals surface area contributed by atoms with Crippen molar-refractivity contribution in [3.05, 3.63) is 29.4 Å². The average molecular weight is 305 g/mol. The molecule has 0 amide bonds. The predicted molar refractivity (Wildman–Crippen MR) is 86.6 cm³/mol. The van der Waals surface area contributed by atoms with Crippen LogP contribution in [0.1, 0.15) is 40.2 Å². The van der Waals surface area contributed by atoms with Crippen molar-refractivity contribution in [2.24, 2.45) is 0 Å². The normalized spacial score (nSPS) is 20.3. The Bertz CT molecular complexity index is 524. The maximum Gasteiger partial charge on any atom is 0.492 e. The van der Waals surface area contributed by atoms with Crippen molar-refractivity contribution >= 4 is 13.2 Å². The Morgan fingerprint density at radius 1 is 1.27 bits per heavy atom. The minimum Gasteiger partial charge on any atom is -0.478 e. The third-order valence-corrected chi connectivity index (χ3v) is 4.14. The second kappa shape index (κ2) is 6.40. The van der Waals surface area contributed by atoms with Gasteiger partial charge >= 0.3 is 7.12 Å². The first-order valence-corrected chi connectivity index (χ1v) is 7.55. The maximum atomic E-state index is 9.65. The summed E-state index contributed by atoms with van der Waals surface area (Å²) < 4.78 is 17.2. The molecule has 0 saturated carbocycles. The van der Waals surface area contributed by atoms with E-state index in [4.69, 9.17) is 14.0 Å². The Kier molecular flexibility index (Phi) is 4.95. The van der Waals surface area contributed by atoms with Gasteiger partial charge in [-0.05, 0) is 51.7 Å². The van der Waals surface area contributed by atoms with Gasteiger partial charge in [-0.3, -0.25) is 0 Å². The van der Waals surface area contributed by atoms with Crippen molar-refractivity contribution in [1.29, 1.82) is 0 Å². The lowest BCUT2D eigenvalue weighted by atomic mass is 9.77. The molecule has 0 bridgehead atoms. The number of aliphatic hydroxyl groups excluding tert-OH is 1. The van der Waals surface area contributed by atoms with E-state index < -0.39 is 18.3 Å². The maximum absolute atomic E-state index is 9.65. The first kappa shape index (κ1) is 17.0. The first-order chi connectivity index (χ1) is 10.3. The highest BCUT2D eigenvalue weighted by Crippen LogP contribution is 2.38. The molecule has 0 aliphatic carbocycles. The highest BCUT2D eigenvalue weighted by atomic mass is 16.7. The second-order valence-corrected chi connectivity index (χ2v) is 6.33. The number of hydrogen-bond donors (Lipinski definition) is 1. The number of pyridine rings is 1. The molecule has 120 valence electrons. The zero-order chi connectivity index (χ0) is 16.4. The summed E-state index contributed by atoms with van der Waals surface area (Å²) in [5, 5.41) is 9.65. The van der Waals surface area contributed by atoms with Crippen LogP contribution in [0.15, 0.2) is 23.8 Å². The van der Waals surface area contributed by atoms with Crippen LogP contribution in [-0.2, 0) is 9.31 Å². The molecule has 0 atom stereocenters. The van der Waals surface area contributed by atoms with Gasteiger partial charge in [0.25, 0.3) is 0 Å². The van der Waals surface area contributed by atoms with Gasteiger partial charge in [-0.25, -0.2) is 4.98 Å². The van der Waals surface area contributed by atoms with E-state index in [1.165, 1.54) is 0 Å². The topological polar surface area (TPSA) is 60.8 Å². The Balaban J connectivity index is 2.18. The standard InChI is InChI=1S/C16H24BNO4/c1-6-20-14-8-7-12(10-18-14)9-13(11-19)17-21-15(2,3)16(4,5)22-17/h7-10,19H,6,11H2,1-5H3. The molecule has 22 heavy (non-hydrogen) atoms. The fourth-order valence-corrected chi connectivity index (χ4v) is 2.11. The summed E-state index contributed by atoms with van der Waals surface area (Å²) in [7, 11) is -0.554. The average Bonchev–Trinajstić information content (AvgIpc) is 2.67. The number of aromatic nitrogens is 1. The Morgan fingerprint density at radius 2 is 1.91 bits per heavy atom. The Hall–Kier alpha value is -1.37. The molecular weight excluding hydrogens is 281 g/mol. The van der Waals surface area contributed by atoms with Crippen molar-refractivity contribution < 1.29 is 19.2 Å². The summed E-state index contributed by atoms with van der Waals surface area (Å²) in [4.78, 5) is 4.21. The van der Waals surface area contributed by atoms with Gasteiger partial charge in [0.1, 0.15) is 0 Å². The molecule has 0 radical (unpaired) electrons. The second-order valence-electron chi connectivity index (χ2n) is 6.33. The first-order valence-electron chi connectivity index (χ1n) is 7.55. The SMILES string of the molecule is CCOc1ccc(C=C(CO)B2OC(C)(C)C(C)(C)O2)cn1. The highest BCUT2D eigenvalue weighted by molar-refractivity contribution is 6.55. The summed E-state index contributed by atoms with van der Waals surface area (Å²) in [6.07, 6.45) is 3.54. The van der Waals surface area contributed by atoms with Crippen LogP contribution >= 0.6 is 0 Å². The van der Waals surface area contributed by atoms with Crippen LogP contribution in [-0.4, -0.2) is 41.6 Å². The molecule has 1 aromatic heterocycles. The molecule has 1 saturated heterocycles. The van der Waals surface area contributed by atoms with Crippen LogP contribution in [0.3, 0.4) is 0 Å². The minimum absolute atomic E-state index is 0.135.